The van der Waals surface area contributed by atoms with E-state index >= 15 is 0 Å². The van der Waals surface area contributed by atoms with Gasteiger partial charge in [-0.1, -0.05) is 12.1 Å². The number of phenols is 1. The van der Waals surface area contributed by atoms with Crippen LogP contribution in [0.15, 0.2) is 46.0 Å². The first-order chi connectivity index (χ1) is 11.5. The van der Waals surface area contributed by atoms with Crippen LogP contribution < -0.4 is 15.5 Å². The summed E-state index contributed by atoms with van der Waals surface area (Å²) in [5, 5.41) is 17.0. The Bertz CT molecular complexity index is 754. The molecule has 2 aromatic carbocycles. The molecule has 0 aliphatic rings. The second-order valence-corrected chi connectivity index (χ2v) is 5.99. The van der Waals surface area contributed by atoms with Crippen LogP contribution in [0.3, 0.4) is 0 Å². The molecule has 5 nitrogen and oxygen atoms in total. The van der Waals surface area contributed by atoms with Crippen LogP contribution in [0.2, 0.25) is 0 Å². The molecule has 0 aromatic heterocycles. The van der Waals surface area contributed by atoms with Gasteiger partial charge in [-0.3, -0.25) is 5.43 Å². The maximum absolute atomic E-state index is 12.8. The Labute approximate surface area is 152 Å². The number of rotatable bonds is 5. The van der Waals surface area contributed by atoms with Gasteiger partial charge in [0.05, 0.1) is 13.3 Å². The highest BCUT2D eigenvalue weighted by Gasteiger charge is 2.06. The zero-order chi connectivity index (χ0) is 17.5. The molecule has 0 heterocycles. The number of hydrogen-bond donors (Lipinski definition) is 3. The number of benzene rings is 2. The van der Waals surface area contributed by atoms with Crippen molar-refractivity contribution in [3.05, 3.63) is 57.8 Å². The average Bonchev–Trinajstić information content (AvgIpc) is 2.57. The summed E-state index contributed by atoms with van der Waals surface area (Å²) in [5.74, 6) is 0.0972. The summed E-state index contributed by atoms with van der Waals surface area (Å²) in [6.07, 6.45) is 1.51. The molecule has 0 unspecified atom stereocenters. The number of halogens is 2. The lowest BCUT2D eigenvalue weighted by atomic mass is 10.2. The van der Waals surface area contributed by atoms with Crippen molar-refractivity contribution in [2.24, 2.45) is 5.10 Å². The molecule has 0 amide bonds. The number of nitrogens with one attached hydrogen (secondary N) is 2. The molecule has 126 valence electrons. The van der Waals surface area contributed by atoms with E-state index in [1.807, 2.05) is 0 Å². The van der Waals surface area contributed by atoms with Crippen molar-refractivity contribution in [1.82, 2.24) is 10.7 Å². The fourth-order valence-electron chi connectivity index (χ4n) is 1.81. The van der Waals surface area contributed by atoms with Crippen LogP contribution in [0.4, 0.5) is 4.39 Å². The van der Waals surface area contributed by atoms with Gasteiger partial charge in [-0.05, 0) is 58.0 Å². The summed E-state index contributed by atoms with van der Waals surface area (Å²) in [5.41, 5.74) is 4.22. The number of phenolic OH excluding ortho intramolecular Hbond substituents is 1. The first-order valence-electron chi connectivity index (χ1n) is 6.87. The van der Waals surface area contributed by atoms with Crippen LogP contribution >= 0.6 is 28.1 Å². The quantitative estimate of drug-likeness (QED) is 0.400. The molecular weight excluding hydrogens is 397 g/mol. The lowest BCUT2D eigenvalue weighted by molar-refractivity contribution is 0.373. The summed E-state index contributed by atoms with van der Waals surface area (Å²) in [4.78, 5) is 0. The number of nitrogens with zero attached hydrogens (tertiary/aromatic N) is 1. The van der Waals surface area contributed by atoms with Crippen LogP contribution in [-0.4, -0.2) is 23.5 Å². The topological polar surface area (TPSA) is 65.9 Å². The van der Waals surface area contributed by atoms with Crippen molar-refractivity contribution in [2.75, 3.05) is 7.11 Å². The number of hydrazone groups is 1. The normalized spacial score (nSPS) is 10.6. The van der Waals surface area contributed by atoms with Crippen LogP contribution in [0, 0.1) is 5.82 Å². The summed E-state index contributed by atoms with van der Waals surface area (Å²) in [6, 6.07) is 9.28. The van der Waals surface area contributed by atoms with Crippen molar-refractivity contribution in [3.63, 3.8) is 0 Å². The molecule has 0 bridgehead atoms. The predicted molar refractivity (Wildman–Crippen MR) is 98.9 cm³/mol. The van der Waals surface area contributed by atoms with Crippen LogP contribution in [0.1, 0.15) is 11.1 Å². The zero-order valence-electron chi connectivity index (χ0n) is 12.7. The highest BCUT2D eigenvalue weighted by atomic mass is 79.9. The van der Waals surface area contributed by atoms with E-state index in [0.717, 1.165) is 5.56 Å². The number of ether oxygens (including phenoxy) is 1. The lowest BCUT2D eigenvalue weighted by Gasteiger charge is -2.08. The van der Waals surface area contributed by atoms with Gasteiger partial charge in [-0.2, -0.15) is 5.10 Å². The highest BCUT2D eigenvalue weighted by Crippen LogP contribution is 2.31. The smallest absolute Gasteiger partial charge is 0.187 e. The minimum absolute atomic E-state index is 0.0131. The van der Waals surface area contributed by atoms with Gasteiger partial charge >= 0.3 is 0 Å². The number of aromatic hydroxyl groups is 1. The van der Waals surface area contributed by atoms with Crippen molar-refractivity contribution >= 4 is 39.5 Å². The Morgan fingerprint density at radius 3 is 2.75 bits per heavy atom. The van der Waals surface area contributed by atoms with Gasteiger partial charge in [0.25, 0.3) is 0 Å². The molecule has 2 rings (SSSR count). The van der Waals surface area contributed by atoms with E-state index in [0.29, 0.717) is 27.4 Å². The standard InChI is InChI=1S/C16H15BrFN3O2S/c1-23-15-7-13(17)11(6-14(15)22)9-20-21-16(24)19-8-10-2-4-12(18)5-3-10/h2-7,9,22H,8H2,1H3,(H2,19,21,24)/b20-9-. The first kappa shape index (κ1) is 18.2. The summed E-state index contributed by atoms with van der Waals surface area (Å²) in [6.45, 7) is 0.453. The van der Waals surface area contributed by atoms with Gasteiger partial charge < -0.3 is 15.2 Å². The first-order valence-corrected chi connectivity index (χ1v) is 8.07. The third-order valence-electron chi connectivity index (χ3n) is 3.03. The fourth-order valence-corrected chi connectivity index (χ4v) is 2.36. The second kappa shape index (κ2) is 8.60. The summed E-state index contributed by atoms with van der Waals surface area (Å²) >= 11 is 8.47. The molecule has 0 saturated carbocycles. The van der Waals surface area contributed by atoms with Crippen LogP contribution in [0.25, 0.3) is 0 Å². The van der Waals surface area contributed by atoms with Crippen molar-refractivity contribution in [3.8, 4) is 11.5 Å². The van der Waals surface area contributed by atoms with Gasteiger partial charge in [0, 0.05) is 16.6 Å². The van der Waals surface area contributed by atoms with E-state index in [-0.39, 0.29) is 11.6 Å². The molecule has 0 radical (unpaired) electrons. The van der Waals surface area contributed by atoms with E-state index in [4.69, 9.17) is 17.0 Å². The molecular formula is C16H15BrFN3O2S. The minimum atomic E-state index is -0.280. The molecule has 0 saturated heterocycles. The van der Waals surface area contributed by atoms with Crippen molar-refractivity contribution in [2.45, 2.75) is 6.54 Å². The molecule has 0 spiro atoms. The van der Waals surface area contributed by atoms with Crippen molar-refractivity contribution in [1.29, 1.82) is 0 Å². The van der Waals surface area contributed by atoms with Gasteiger partial charge in [-0.25, -0.2) is 4.39 Å². The summed E-state index contributed by atoms with van der Waals surface area (Å²) < 4.78 is 18.5. The SMILES string of the molecule is COc1cc(Br)c(/C=N\NC(=S)NCc2ccc(F)cc2)cc1O. The Balaban J connectivity index is 1.88. The molecule has 24 heavy (non-hydrogen) atoms. The van der Waals surface area contributed by atoms with E-state index in [1.54, 1.807) is 18.2 Å². The van der Waals surface area contributed by atoms with E-state index < -0.39 is 0 Å². The maximum Gasteiger partial charge on any atom is 0.187 e. The molecule has 0 atom stereocenters. The minimum Gasteiger partial charge on any atom is -0.504 e. The van der Waals surface area contributed by atoms with Crippen LogP contribution in [-0.2, 0) is 6.54 Å². The molecule has 2 aromatic rings. The fraction of sp³-hybridized carbons (Fsp3) is 0.125. The van der Waals surface area contributed by atoms with E-state index in [2.05, 4.69) is 31.8 Å². The molecule has 3 N–H and O–H groups in total. The Kier molecular flexibility index (Phi) is 6.51. The largest absolute Gasteiger partial charge is 0.504 e. The Hall–Kier alpha value is -2.19. The monoisotopic (exact) mass is 411 g/mol. The molecule has 0 aliphatic heterocycles. The third kappa shape index (κ3) is 5.17. The number of thiocarbonyl (C=S) groups is 1. The maximum atomic E-state index is 12.8. The Morgan fingerprint density at radius 1 is 1.38 bits per heavy atom. The number of hydrogen-bond acceptors (Lipinski definition) is 4. The van der Waals surface area contributed by atoms with Gasteiger partial charge in [0.2, 0.25) is 0 Å². The Morgan fingerprint density at radius 2 is 2.08 bits per heavy atom. The van der Waals surface area contributed by atoms with Crippen molar-refractivity contribution < 1.29 is 14.2 Å². The lowest BCUT2D eigenvalue weighted by Crippen LogP contribution is -2.31. The third-order valence-corrected chi connectivity index (χ3v) is 3.96. The summed E-state index contributed by atoms with van der Waals surface area (Å²) in [7, 11) is 1.47. The molecule has 8 heteroatoms. The van der Waals surface area contributed by atoms with Crippen LogP contribution in [0.5, 0.6) is 11.5 Å². The average molecular weight is 412 g/mol. The van der Waals surface area contributed by atoms with E-state index in [9.17, 15) is 9.50 Å². The highest BCUT2D eigenvalue weighted by molar-refractivity contribution is 9.10. The second-order valence-electron chi connectivity index (χ2n) is 4.72. The molecule has 0 fully saturated rings. The van der Waals surface area contributed by atoms with Gasteiger partial charge in [-0.15, -0.1) is 0 Å². The number of methoxy groups -OCH3 is 1. The van der Waals surface area contributed by atoms with E-state index in [1.165, 1.54) is 31.5 Å². The van der Waals surface area contributed by atoms with Gasteiger partial charge in [0.1, 0.15) is 5.82 Å². The predicted octanol–water partition coefficient (Wildman–Crippen LogP) is 3.30. The zero-order valence-corrected chi connectivity index (χ0v) is 15.1. The van der Waals surface area contributed by atoms with Gasteiger partial charge in [0.15, 0.2) is 16.6 Å². The molecule has 0 aliphatic carbocycles.